The van der Waals surface area contributed by atoms with Gasteiger partial charge in [0.15, 0.2) is 0 Å². The molecule has 0 atom stereocenters. The summed E-state index contributed by atoms with van der Waals surface area (Å²) in [5, 5.41) is 17.4. The Morgan fingerprint density at radius 2 is 1.75 bits per heavy atom. The van der Waals surface area contributed by atoms with Crippen molar-refractivity contribution >= 4 is 11.9 Å². The molecule has 1 aromatic rings. The number of nitrogens with one attached hydrogen (secondary N) is 1. The summed E-state index contributed by atoms with van der Waals surface area (Å²) in [6, 6.07) is 6.15. The fraction of sp³-hybridized carbons (Fsp3) is 0.273. The maximum Gasteiger partial charge on any atom is 0.335 e. The van der Waals surface area contributed by atoms with Gasteiger partial charge in [-0.3, -0.25) is 10.0 Å². The van der Waals surface area contributed by atoms with Crippen molar-refractivity contribution in [3.63, 3.8) is 0 Å². The van der Waals surface area contributed by atoms with Crippen LogP contribution < -0.4 is 5.48 Å². The molecule has 84 valence electrons. The van der Waals surface area contributed by atoms with Crippen LogP contribution in [-0.4, -0.2) is 22.2 Å². The summed E-state index contributed by atoms with van der Waals surface area (Å²) in [6.45, 7) is 0. The van der Waals surface area contributed by atoms with Gasteiger partial charge in [-0.05, 0) is 30.5 Å². The van der Waals surface area contributed by atoms with Crippen molar-refractivity contribution in [3.05, 3.63) is 35.4 Å². The van der Waals surface area contributed by atoms with Gasteiger partial charge in [-0.15, -0.1) is 0 Å². The molecule has 0 bridgehead atoms. The largest absolute Gasteiger partial charge is 0.478 e. The highest BCUT2D eigenvalue weighted by molar-refractivity contribution is 5.91. The molecule has 16 heavy (non-hydrogen) atoms. The molecule has 1 aliphatic carbocycles. The van der Waals surface area contributed by atoms with Gasteiger partial charge in [0.1, 0.15) is 0 Å². The van der Waals surface area contributed by atoms with E-state index in [0.717, 1.165) is 5.56 Å². The lowest BCUT2D eigenvalue weighted by Gasteiger charge is -2.12. The number of rotatable bonds is 3. The molecule has 0 radical (unpaired) electrons. The number of benzene rings is 1. The number of hydrogen-bond donors (Lipinski definition) is 3. The van der Waals surface area contributed by atoms with Crippen LogP contribution in [0.15, 0.2) is 24.3 Å². The maximum atomic E-state index is 11.4. The van der Waals surface area contributed by atoms with E-state index in [9.17, 15) is 9.59 Å². The fourth-order valence-corrected chi connectivity index (χ4v) is 1.81. The number of amides is 1. The summed E-state index contributed by atoms with van der Waals surface area (Å²) in [6.07, 6.45) is 1.34. The smallest absolute Gasteiger partial charge is 0.335 e. The predicted molar refractivity (Wildman–Crippen MR) is 54.2 cm³/mol. The Balaban J connectivity index is 2.29. The quantitative estimate of drug-likeness (QED) is 0.523. The van der Waals surface area contributed by atoms with Gasteiger partial charge in [0.2, 0.25) is 0 Å². The van der Waals surface area contributed by atoms with Gasteiger partial charge in [0.05, 0.1) is 11.0 Å². The van der Waals surface area contributed by atoms with Crippen LogP contribution in [0.2, 0.25) is 0 Å². The molecular weight excluding hydrogens is 210 g/mol. The van der Waals surface area contributed by atoms with Crippen molar-refractivity contribution in [2.24, 2.45) is 0 Å². The third-order valence-electron chi connectivity index (χ3n) is 2.97. The number of carbonyl (C=O) groups excluding carboxylic acids is 1. The third-order valence-corrected chi connectivity index (χ3v) is 2.97. The minimum atomic E-state index is -0.997. The Labute approximate surface area is 91.7 Å². The molecule has 1 aromatic carbocycles. The first-order chi connectivity index (χ1) is 7.60. The Kier molecular flexibility index (Phi) is 2.40. The van der Waals surface area contributed by atoms with Gasteiger partial charge in [0, 0.05) is 0 Å². The van der Waals surface area contributed by atoms with Crippen LogP contribution in [0.25, 0.3) is 0 Å². The van der Waals surface area contributed by atoms with E-state index in [-0.39, 0.29) is 5.56 Å². The van der Waals surface area contributed by atoms with Crippen molar-refractivity contribution in [3.8, 4) is 0 Å². The number of carbonyl (C=O) groups is 2. The lowest BCUT2D eigenvalue weighted by atomic mass is 9.94. The number of carboxylic acid groups (broad SMARTS) is 1. The Hall–Kier alpha value is -1.88. The van der Waals surface area contributed by atoms with E-state index < -0.39 is 17.3 Å². The molecule has 1 saturated carbocycles. The summed E-state index contributed by atoms with van der Waals surface area (Å²) in [5.41, 5.74) is 1.91. The molecule has 2 rings (SSSR count). The van der Waals surface area contributed by atoms with Crippen LogP contribution in [-0.2, 0) is 10.2 Å². The SMILES string of the molecule is O=C(O)c1ccc(C2(C(=O)NO)CC2)cc1. The van der Waals surface area contributed by atoms with Crippen molar-refractivity contribution in [2.45, 2.75) is 18.3 Å². The van der Waals surface area contributed by atoms with E-state index in [0.29, 0.717) is 12.8 Å². The molecule has 1 amide bonds. The first kappa shape index (κ1) is 10.6. The number of aromatic carboxylic acids is 1. The first-order valence-electron chi connectivity index (χ1n) is 4.88. The predicted octanol–water partition coefficient (Wildman–Crippen LogP) is 0.922. The second-order valence-electron chi connectivity index (χ2n) is 3.91. The minimum Gasteiger partial charge on any atom is -0.478 e. The average molecular weight is 221 g/mol. The average Bonchev–Trinajstić information content (AvgIpc) is 3.09. The van der Waals surface area contributed by atoms with E-state index in [2.05, 4.69) is 0 Å². The highest BCUT2D eigenvalue weighted by Crippen LogP contribution is 2.48. The summed E-state index contributed by atoms with van der Waals surface area (Å²) in [7, 11) is 0. The zero-order valence-electron chi connectivity index (χ0n) is 8.43. The van der Waals surface area contributed by atoms with Gasteiger partial charge in [0.25, 0.3) is 5.91 Å². The molecule has 0 aromatic heterocycles. The third kappa shape index (κ3) is 1.55. The molecule has 1 fully saturated rings. The lowest BCUT2D eigenvalue weighted by molar-refractivity contribution is -0.131. The highest BCUT2D eigenvalue weighted by atomic mass is 16.5. The van der Waals surface area contributed by atoms with Crippen LogP contribution >= 0.6 is 0 Å². The maximum absolute atomic E-state index is 11.4. The van der Waals surface area contributed by atoms with E-state index in [4.69, 9.17) is 10.3 Å². The molecule has 0 heterocycles. The number of carboxylic acids is 1. The molecule has 5 nitrogen and oxygen atoms in total. The van der Waals surface area contributed by atoms with E-state index in [1.165, 1.54) is 12.1 Å². The zero-order valence-corrected chi connectivity index (χ0v) is 8.43. The Bertz CT molecular complexity index is 434. The van der Waals surface area contributed by atoms with Crippen molar-refractivity contribution < 1.29 is 19.9 Å². The molecule has 0 saturated heterocycles. The number of hydroxylamine groups is 1. The second-order valence-corrected chi connectivity index (χ2v) is 3.91. The van der Waals surface area contributed by atoms with Crippen LogP contribution in [0.5, 0.6) is 0 Å². The summed E-state index contributed by atoms with van der Waals surface area (Å²) in [5.74, 6) is -1.43. The van der Waals surface area contributed by atoms with Crippen LogP contribution in [0.1, 0.15) is 28.8 Å². The normalized spacial score (nSPS) is 16.6. The molecule has 1 aliphatic rings. The van der Waals surface area contributed by atoms with Gasteiger partial charge < -0.3 is 5.11 Å². The Morgan fingerprint density at radius 3 is 2.12 bits per heavy atom. The van der Waals surface area contributed by atoms with Crippen molar-refractivity contribution in [2.75, 3.05) is 0 Å². The zero-order chi connectivity index (χ0) is 11.8. The lowest BCUT2D eigenvalue weighted by Crippen LogP contribution is -2.32. The van der Waals surface area contributed by atoms with Gasteiger partial charge in [-0.1, -0.05) is 12.1 Å². The van der Waals surface area contributed by atoms with E-state index in [1.807, 2.05) is 0 Å². The fourth-order valence-electron chi connectivity index (χ4n) is 1.81. The Morgan fingerprint density at radius 1 is 1.19 bits per heavy atom. The number of hydrogen-bond acceptors (Lipinski definition) is 3. The van der Waals surface area contributed by atoms with Crippen LogP contribution in [0.3, 0.4) is 0 Å². The summed E-state index contributed by atoms with van der Waals surface area (Å²) < 4.78 is 0. The standard InChI is InChI=1S/C11H11NO4/c13-9(14)7-1-3-8(4-2-7)11(5-6-11)10(15)12-16/h1-4,16H,5-6H2,(H,12,15)(H,13,14). The molecule has 0 unspecified atom stereocenters. The molecule has 3 N–H and O–H groups in total. The van der Waals surface area contributed by atoms with Crippen molar-refractivity contribution in [1.29, 1.82) is 0 Å². The topological polar surface area (TPSA) is 86.6 Å². The molecule has 5 heteroatoms. The monoisotopic (exact) mass is 221 g/mol. The second kappa shape index (κ2) is 3.61. The molecule has 0 aliphatic heterocycles. The van der Waals surface area contributed by atoms with E-state index >= 15 is 0 Å². The highest BCUT2D eigenvalue weighted by Gasteiger charge is 2.51. The van der Waals surface area contributed by atoms with Gasteiger partial charge in [-0.2, -0.15) is 0 Å². The van der Waals surface area contributed by atoms with Crippen LogP contribution in [0.4, 0.5) is 0 Å². The first-order valence-corrected chi connectivity index (χ1v) is 4.88. The minimum absolute atomic E-state index is 0.184. The van der Waals surface area contributed by atoms with E-state index in [1.54, 1.807) is 17.6 Å². The molecule has 0 spiro atoms. The van der Waals surface area contributed by atoms with Crippen molar-refractivity contribution in [1.82, 2.24) is 5.48 Å². The summed E-state index contributed by atoms with van der Waals surface area (Å²) in [4.78, 5) is 22.1. The molecular formula is C11H11NO4. The van der Waals surface area contributed by atoms with Gasteiger partial charge in [-0.25, -0.2) is 10.3 Å². The van der Waals surface area contributed by atoms with Gasteiger partial charge >= 0.3 is 5.97 Å². The summed E-state index contributed by atoms with van der Waals surface area (Å²) >= 11 is 0. The van der Waals surface area contributed by atoms with Crippen LogP contribution in [0, 0.1) is 0 Å².